The van der Waals surface area contributed by atoms with Crippen LogP contribution in [-0.2, 0) is 6.42 Å². The van der Waals surface area contributed by atoms with E-state index in [2.05, 4.69) is 22.0 Å². The van der Waals surface area contributed by atoms with Gasteiger partial charge in [0.15, 0.2) is 5.96 Å². The fourth-order valence-electron chi connectivity index (χ4n) is 1.75. The Labute approximate surface area is 118 Å². The molecule has 0 amide bonds. The van der Waals surface area contributed by atoms with Crippen LogP contribution in [0.3, 0.4) is 0 Å². The maximum atomic E-state index is 5.69. The Morgan fingerprint density at radius 1 is 1.40 bits per heavy atom. The SMILES string of the molecule is C=CCNC(N)=NCCc1cnn(-c2ccccc2)c1. The number of hydrogen-bond donors (Lipinski definition) is 2. The first kappa shape index (κ1) is 13.9. The van der Waals surface area contributed by atoms with Crippen molar-refractivity contribution < 1.29 is 0 Å². The Bertz CT molecular complexity index is 571. The number of benzene rings is 1. The molecule has 0 aliphatic heterocycles. The molecule has 0 radical (unpaired) electrons. The largest absolute Gasteiger partial charge is 0.370 e. The predicted molar refractivity (Wildman–Crippen MR) is 82.0 cm³/mol. The summed E-state index contributed by atoms with van der Waals surface area (Å²) < 4.78 is 1.86. The molecule has 0 unspecified atom stereocenters. The van der Waals surface area contributed by atoms with Crippen LogP contribution < -0.4 is 11.1 Å². The molecule has 1 aromatic carbocycles. The van der Waals surface area contributed by atoms with Crippen molar-refractivity contribution in [3.63, 3.8) is 0 Å². The highest BCUT2D eigenvalue weighted by Crippen LogP contribution is 2.07. The van der Waals surface area contributed by atoms with E-state index in [1.54, 1.807) is 6.08 Å². The molecule has 0 atom stereocenters. The van der Waals surface area contributed by atoms with Crippen LogP contribution in [0.1, 0.15) is 5.56 Å². The lowest BCUT2D eigenvalue weighted by Gasteiger charge is -2.01. The lowest BCUT2D eigenvalue weighted by Crippen LogP contribution is -2.31. The van der Waals surface area contributed by atoms with Crippen molar-refractivity contribution in [1.29, 1.82) is 0 Å². The van der Waals surface area contributed by atoms with Crippen LogP contribution in [0.2, 0.25) is 0 Å². The maximum Gasteiger partial charge on any atom is 0.188 e. The average molecular weight is 269 g/mol. The molecular weight excluding hydrogens is 250 g/mol. The molecule has 5 heteroatoms. The second kappa shape index (κ2) is 7.13. The zero-order chi connectivity index (χ0) is 14.2. The van der Waals surface area contributed by atoms with E-state index in [1.807, 2.05) is 47.4 Å². The summed E-state index contributed by atoms with van der Waals surface area (Å²) in [4.78, 5) is 4.24. The number of rotatable bonds is 6. The molecule has 104 valence electrons. The highest BCUT2D eigenvalue weighted by molar-refractivity contribution is 5.77. The Balaban J connectivity index is 1.89. The van der Waals surface area contributed by atoms with E-state index in [0.29, 0.717) is 19.0 Å². The first-order valence-electron chi connectivity index (χ1n) is 6.53. The van der Waals surface area contributed by atoms with Crippen LogP contribution in [0.4, 0.5) is 0 Å². The molecule has 2 rings (SSSR count). The minimum absolute atomic E-state index is 0.445. The number of hydrogen-bond acceptors (Lipinski definition) is 2. The van der Waals surface area contributed by atoms with Gasteiger partial charge in [-0.25, -0.2) is 4.68 Å². The minimum Gasteiger partial charge on any atom is -0.370 e. The molecule has 0 saturated heterocycles. The molecule has 20 heavy (non-hydrogen) atoms. The second-order valence-electron chi connectivity index (χ2n) is 4.32. The topological polar surface area (TPSA) is 68.2 Å². The normalized spacial score (nSPS) is 11.3. The Hall–Kier alpha value is -2.56. The minimum atomic E-state index is 0.445. The Morgan fingerprint density at radius 3 is 2.95 bits per heavy atom. The van der Waals surface area contributed by atoms with E-state index in [0.717, 1.165) is 17.7 Å². The van der Waals surface area contributed by atoms with Crippen molar-refractivity contribution in [2.75, 3.05) is 13.1 Å². The summed E-state index contributed by atoms with van der Waals surface area (Å²) in [6.45, 7) is 4.87. The van der Waals surface area contributed by atoms with Gasteiger partial charge in [0.05, 0.1) is 11.9 Å². The molecule has 0 aliphatic rings. The van der Waals surface area contributed by atoms with Gasteiger partial charge in [-0.2, -0.15) is 5.10 Å². The third kappa shape index (κ3) is 3.98. The summed E-state index contributed by atoms with van der Waals surface area (Å²) in [6, 6.07) is 10.0. The molecule has 0 aliphatic carbocycles. The van der Waals surface area contributed by atoms with Gasteiger partial charge >= 0.3 is 0 Å². The number of para-hydroxylation sites is 1. The van der Waals surface area contributed by atoms with Gasteiger partial charge in [0.2, 0.25) is 0 Å². The van der Waals surface area contributed by atoms with Crippen LogP contribution in [0, 0.1) is 0 Å². The Morgan fingerprint density at radius 2 is 2.20 bits per heavy atom. The number of nitrogens with one attached hydrogen (secondary N) is 1. The summed E-state index contributed by atoms with van der Waals surface area (Å²) in [5.41, 5.74) is 7.87. The van der Waals surface area contributed by atoms with Crippen LogP contribution in [0.5, 0.6) is 0 Å². The number of nitrogens with two attached hydrogens (primary N) is 1. The van der Waals surface area contributed by atoms with Crippen molar-refractivity contribution in [3.05, 3.63) is 60.9 Å². The van der Waals surface area contributed by atoms with Crippen LogP contribution in [-0.4, -0.2) is 28.8 Å². The van der Waals surface area contributed by atoms with Gasteiger partial charge in [-0.05, 0) is 24.1 Å². The highest BCUT2D eigenvalue weighted by Gasteiger charge is 2.00. The second-order valence-corrected chi connectivity index (χ2v) is 4.32. The number of aromatic nitrogens is 2. The third-order valence-electron chi connectivity index (χ3n) is 2.77. The first-order valence-corrected chi connectivity index (χ1v) is 6.53. The fraction of sp³-hybridized carbons (Fsp3) is 0.200. The summed E-state index contributed by atoms with van der Waals surface area (Å²) in [6.07, 6.45) is 6.42. The van der Waals surface area contributed by atoms with Crippen molar-refractivity contribution in [2.45, 2.75) is 6.42 Å². The number of aliphatic imine (C=N–C) groups is 1. The van der Waals surface area contributed by atoms with Crippen LogP contribution >= 0.6 is 0 Å². The standard InChI is InChI=1S/C15H19N5/c1-2-9-17-15(16)18-10-8-13-11-19-20(12-13)14-6-4-3-5-7-14/h2-7,11-12H,1,8-10H2,(H3,16,17,18). The molecule has 0 bridgehead atoms. The summed E-state index contributed by atoms with van der Waals surface area (Å²) in [7, 11) is 0. The molecule has 1 heterocycles. The monoisotopic (exact) mass is 269 g/mol. The molecule has 5 nitrogen and oxygen atoms in total. The molecule has 2 aromatic rings. The summed E-state index contributed by atoms with van der Waals surface area (Å²) >= 11 is 0. The molecule has 1 aromatic heterocycles. The predicted octanol–water partition coefficient (Wildman–Crippen LogP) is 1.51. The Kier molecular flexibility index (Phi) is 4.94. The van der Waals surface area contributed by atoms with Crippen molar-refractivity contribution in [2.24, 2.45) is 10.7 Å². The van der Waals surface area contributed by atoms with Gasteiger partial charge in [-0.15, -0.1) is 6.58 Å². The van der Waals surface area contributed by atoms with E-state index >= 15 is 0 Å². The van der Waals surface area contributed by atoms with E-state index in [4.69, 9.17) is 5.73 Å². The maximum absolute atomic E-state index is 5.69. The molecule has 3 N–H and O–H groups in total. The molecule has 0 fully saturated rings. The van der Waals surface area contributed by atoms with Crippen LogP contribution in [0.25, 0.3) is 5.69 Å². The van der Waals surface area contributed by atoms with E-state index in [1.165, 1.54) is 0 Å². The lowest BCUT2D eigenvalue weighted by molar-refractivity contribution is 0.878. The smallest absolute Gasteiger partial charge is 0.188 e. The van der Waals surface area contributed by atoms with Crippen molar-refractivity contribution in [3.8, 4) is 5.69 Å². The van der Waals surface area contributed by atoms with Gasteiger partial charge in [-0.3, -0.25) is 4.99 Å². The van der Waals surface area contributed by atoms with Crippen molar-refractivity contribution in [1.82, 2.24) is 15.1 Å². The van der Waals surface area contributed by atoms with E-state index < -0.39 is 0 Å². The number of guanidine groups is 1. The van der Waals surface area contributed by atoms with Gasteiger partial charge in [0, 0.05) is 19.3 Å². The molecule has 0 saturated carbocycles. The number of nitrogens with zero attached hydrogens (tertiary/aromatic N) is 3. The molecule has 0 spiro atoms. The van der Waals surface area contributed by atoms with Gasteiger partial charge in [-0.1, -0.05) is 24.3 Å². The van der Waals surface area contributed by atoms with E-state index in [9.17, 15) is 0 Å². The van der Waals surface area contributed by atoms with Crippen LogP contribution in [0.15, 0.2) is 60.4 Å². The van der Waals surface area contributed by atoms with Gasteiger partial charge in [0.1, 0.15) is 0 Å². The quantitative estimate of drug-likeness (QED) is 0.474. The van der Waals surface area contributed by atoms with Gasteiger partial charge in [0.25, 0.3) is 0 Å². The van der Waals surface area contributed by atoms with Crippen molar-refractivity contribution >= 4 is 5.96 Å². The zero-order valence-corrected chi connectivity index (χ0v) is 11.4. The molecular formula is C15H19N5. The fourth-order valence-corrected chi connectivity index (χ4v) is 1.75. The lowest BCUT2D eigenvalue weighted by atomic mass is 10.2. The average Bonchev–Trinajstić information content (AvgIpc) is 2.95. The van der Waals surface area contributed by atoms with Gasteiger partial charge < -0.3 is 11.1 Å². The van der Waals surface area contributed by atoms with E-state index in [-0.39, 0.29) is 0 Å². The highest BCUT2D eigenvalue weighted by atomic mass is 15.3. The third-order valence-corrected chi connectivity index (χ3v) is 2.77. The first-order chi connectivity index (χ1) is 9.79. The summed E-state index contributed by atoms with van der Waals surface area (Å²) in [5.74, 6) is 0.445. The zero-order valence-electron chi connectivity index (χ0n) is 11.4. The summed E-state index contributed by atoms with van der Waals surface area (Å²) in [5, 5.41) is 7.28.